The zero-order chi connectivity index (χ0) is 16.0. The van der Waals surface area contributed by atoms with E-state index < -0.39 is 5.97 Å². The van der Waals surface area contributed by atoms with Crippen LogP contribution in [-0.4, -0.2) is 38.1 Å². The van der Waals surface area contributed by atoms with Crippen LogP contribution in [0.5, 0.6) is 0 Å². The number of hydrogen-bond donors (Lipinski definition) is 0. The van der Waals surface area contributed by atoms with Crippen molar-refractivity contribution in [2.75, 3.05) is 27.7 Å². The summed E-state index contributed by atoms with van der Waals surface area (Å²) in [5.74, 6) is -1.19. The first kappa shape index (κ1) is 25.4. The third kappa shape index (κ3) is 28.4. The molecule has 0 aromatic carbocycles. The molecule has 0 amide bonds. The second-order valence-electron chi connectivity index (χ2n) is 6.56. The first-order valence-electron chi connectivity index (χ1n) is 7.88. The Hall–Kier alpha value is -0.540. The third-order valence-electron chi connectivity index (χ3n) is 3.03. The van der Waals surface area contributed by atoms with Crippen LogP contribution in [0.1, 0.15) is 65.2 Å². The van der Waals surface area contributed by atoms with E-state index in [1.807, 2.05) is 0 Å². The molecule has 0 saturated heterocycles. The highest BCUT2D eigenvalue weighted by molar-refractivity contribution is 5.82. The van der Waals surface area contributed by atoms with E-state index in [0.29, 0.717) is 0 Å². The molecule has 0 fully saturated rings. The lowest BCUT2D eigenvalue weighted by Gasteiger charge is -2.23. The summed E-state index contributed by atoms with van der Waals surface area (Å²) in [5, 5.41) is 9.49. The van der Waals surface area contributed by atoms with Crippen LogP contribution >= 0.6 is 0 Å². The first-order valence-corrected chi connectivity index (χ1v) is 7.88. The van der Waals surface area contributed by atoms with Crippen molar-refractivity contribution in [1.29, 1.82) is 0 Å². The largest absolute Gasteiger partial charge is 1.00 e. The highest BCUT2D eigenvalue weighted by Crippen LogP contribution is 2.09. The standard InChI is InChI=1S/C13H30N.C4H6O2.ClH/c1-5-6-7-8-9-10-11-12-13-14(2,3)4;1-3(2)4(5)6;/h5-13H2,1-4H3;1H2,2H3,(H,5,6);1H/q+1;;/p-2. The Balaban J connectivity index is -0.000000394. The van der Waals surface area contributed by atoms with Gasteiger partial charge in [0.05, 0.1) is 33.7 Å². The molecule has 0 rings (SSSR count). The topological polar surface area (TPSA) is 40.1 Å². The number of hydrogen-bond acceptors (Lipinski definition) is 2. The van der Waals surface area contributed by atoms with Gasteiger partial charge in [-0.1, -0.05) is 52.0 Å². The number of rotatable bonds is 10. The second kappa shape index (κ2) is 15.8. The normalized spacial score (nSPS) is 10.1. The molecule has 0 aromatic rings. The number of carboxylic acid groups (broad SMARTS) is 1. The molecular formula is C17H35ClNO2-. The Kier molecular flexibility index (Phi) is 19.2. The number of carboxylic acids is 1. The van der Waals surface area contributed by atoms with E-state index in [0.717, 1.165) is 4.48 Å². The van der Waals surface area contributed by atoms with Crippen LogP contribution in [0.3, 0.4) is 0 Å². The summed E-state index contributed by atoms with van der Waals surface area (Å²) in [5.41, 5.74) is 0.0648. The van der Waals surface area contributed by atoms with Gasteiger partial charge in [0, 0.05) is 0 Å². The van der Waals surface area contributed by atoms with Crippen molar-refractivity contribution in [2.24, 2.45) is 0 Å². The average Bonchev–Trinajstić information content (AvgIpc) is 2.32. The summed E-state index contributed by atoms with van der Waals surface area (Å²) in [6.07, 6.45) is 11.4. The Morgan fingerprint density at radius 3 is 1.57 bits per heavy atom. The maximum Gasteiger partial charge on any atom is 0.0780 e. The van der Waals surface area contributed by atoms with Gasteiger partial charge in [0.25, 0.3) is 0 Å². The minimum absolute atomic E-state index is 0. The van der Waals surface area contributed by atoms with Crippen molar-refractivity contribution >= 4 is 5.97 Å². The fraction of sp³-hybridized carbons (Fsp3) is 0.824. The van der Waals surface area contributed by atoms with Crippen LogP contribution in [0, 0.1) is 0 Å². The van der Waals surface area contributed by atoms with E-state index in [1.165, 1.54) is 64.8 Å². The molecule has 0 aliphatic heterocycles. The van der Waals surface area contributed by atoms with Gasteiger partial charge >= 0.3 is 0 Å². The monoisotopic (exact) mass is 320 g/mol. The molecule has 0 aliphatic rings. The van der Waals surface area contributed by atoms with Gasteiger partial charge in [-0.3, -0.25) is 0 Å². The number of quaternary nitrogens is 1. The summed E-state index contributed by atoms with van der Waals surface area (Å²) in [6.45, 7) is 8.08. The van der Waals surface area contributed by atoms with Gasteiger partial charge in [-0.15, -0.1) is 0 Å². The van der Waals surface area contributed by atoms with Gasteiger partial charge in [-0.25, -0.2) is 0 Å². The molecule has 0 aromatic heterocycles. The lowest BCUT2D eigenvalue weighted by atomic mass is 10.1. The van der Waals surface area contributed by atoms with Crippen LogP contribution in [0.4, 0.5) is 0 Å². The van der Waals surface area contributed by atoms with Gasteiger partial charge in [-0.05, 0) is 25.3 Å². The first-order chi connectivity index (χ1) is 9.20. The van der Waals surface area contributed by atoms with E-state index in [-0.39, 0.29) is 18.0 Å². The predicted molar refractivity (Wildman–Crippen MR) is 85.3 cm³/mol. The quantitative estimate of drug-likeness (QED) is 0.326. The molecule has 0 heterocycles. The number of carbonyl (C=O) groups is 1. The lowest BCUT2D eigenvalue weighted by molar-refractivity contribution is -0.870. The van der Waals surface area contributed by atoms with E-state index in [4.69, 9.17) is 0 Å². The number of nitrogens with zero attached hydrogens (tertiary/aromatic N) is 1. The molecule has 21 heavy (non-hydrogen) atoms. The van der Waals surface area contributed by atoms with Gasteiger partial charge in [-0.2, -0.15) is 0 Å². The lowest BCUT2D eigenvalue weighted by Crippen LogP contribution is -3.00. The van der Waals surface area contributed by atoms with Crippen LogP contribution in [-0.2, 0) is 4.79 Å². The van der Waals surface area contributed by atoms with Crippen molar-refractivity contribution < 1.29 is 26.8 Å². The molecule has 0 saturated carbocycles. The molecule has 128 valence electrons. The van der Waals surface area contributed by atoms with Crippen LogP contribution in [0.15, 0.2) is 12.2 Å². The Morgan fingerprint density at radius 1 is 0.952 bits per heavy atom. The maximum atomic E-state index is 9.49. The highest BCUT2D eigenvalue weighted by Gasteiger charge is 2.04. The van der Waals surface area contributed by atoms with Crippen molar-refractivity contribution in [1.82, 2.24) is 0 Å². The maximum absolute atomic E-state index is 9.49. The number of carbonyl (C=O) groups excluding carboxylic acids is 1. The molecule has 0 spiro atoms. The van der Waals surface area contributed by atoms with Crippen molar-refractivity contribution in [3.63, 3.8) is 0 Å². The summed E-state index contributed by atoms with van der Waals surface area (Å²) in [6, 6.07) is 0. The molecule has 3 nitrogen and oxygen atoms in total. The van der Waals surface area contributed by atoms with Crippen LogP contribution in [0.25, 0.3) is 0 Å². The van der Waals surface area contributed by atoms with Crippen LogP contribution < -0.4 is 17.5 Å². The zero-order valence-electron chi connectivity index (χ0n) is 14.7. The molecule has 0 aliphatic carbocycles. The fourth-order valence-corrected chi connectivity index (χ4v) is 1.72. The van der Waals surface area contributed by atoms with Crippen molar-refractivity contribution in [3.05, 3.63) is 12.2 Å². The van der Waals surface area contributed by atoms with Gasteiger partial charge in [0.1, 0.15) is 0 Å². The van der Waals surface area contributed by atoms with Gasteiger partial charge < -0.3 is 26.8 Å². The molecule has 0 N–H and O–H groups in total. The second-order valence-corrected chi connectivity index (χ2v) is 6.56. The number of unbranched alkanes of at least 4 members (excludes halogenated alkanes) is 7. The predicted octanol–water partition coefficient (Wildman–Crippen LogP) is 0.150. The molecule has 0 radical (unpaired) electrons. The Morgan fingerprint density at radius 2 is 1.29 bits per heavy atom. The van der Waals surface area contributed by atoms with Crippen molar-refractivity contribution in [2.45, 2.75) is 65.2 Å². The molecule has 0 atom stereocenters. The molecule has 0 unspecified atom stereocenters. The summed E-state index contributed by atoms with van der Waals surface area (Å²) < 4.78 is 1.12. The SMILES string of the molecule is C=C(C)C(=O)[O-].CCCCCCCCCC[N+](C)(C)C.[Cl-]. The smallest absolute Gasteiger partial charge is 0.0780 e. The third-order valence-corrected chi connectivity index (χ3v) is 3.03. The van der Waals surface area contributed by atoms with E-state index in [2.05, 4.69) is 34.6 Å². The summed E-state index contributed by atoms with van der Waals surface area (Å²) in [4.78, 5) is 9.49. The molecule has 4 heteroatoms. The minimum Gasteiger partial charge on any atom is -1.00 e. The molecule has 0 bridgehead atoms. The van der Waals surface area contributed by atoms with Crippen LogP contribution in [0.2, 0.25) is 0 Å². The van der Waals surface area contributed by atoms with Gasteiger partial charge in [0.15, 0.2) is 0 Å². The zero-order valence-corrected chi connectivity index (χ0v) is 15.5. The van der Waals surface area contributed by atoms with Crippen molar-refractivity contribution in [3.8, 4) is 0 Å². The Labute approximate surface area is 138 Å². The highest BCUT2D eigenvalue weighted by atomic mass is 35.5. The number of aliphatic carboxylic acids is 1. The van der Waals surface area contributed by atoms with E-state index >= 15 is 0 Å². The number of halogens is 1. The minimum atomic E-state index is -1.19. The Bertz CT molecular complexity index is 248. The molecular weight excluding hydrogens is 286 g/mol. The average molecular weight is 321 g/mol. The summed E-state index contributed by atoms with van der Waals surface area (Å²) in [7, 11) is 6.84. The van der Waals surface area contributed by atoms with E-state index in [1.54, 1.807) is 0 Å². The van der Waals surface area contributed by atoms with Gasteiger partial charge in [0.2, 0.25) is 0 Å². The van der Waals surface area contributed by atoms with E-state index in [9.17, 15) is 9.90 Å². The summed E-state index contributed by atoms with van der Waals surface area (Å²) >= 11 is 0. The fourth-order valence-electron chi connectivity index (χ4n) is 1.72.